The maximum absolute atomic E-state index is 12.2. The van der Waals surface area contributed by atoms with Gasteiger partial charge in [-0.25, -0.2) is 4.98 Å². The largest absolute Gasteiger partial charge is 0.481 e. The Labute approximate surface area is 122 Å². The lowest BCUT2D eigenvalue weighted by Crippen LogP contribution is -2.33. The molecular formula is C15H16N2O4. The summed E-state index contributed by atoms with van der Waals surface area (Å²) in [6, 6.07) is 9.26. The van der Waals surface area contributed by atoms with Gasteiger partial charge in [-0.2, -0.15) is 0 Å². The van der Waals surface area contributed by atoms with E-state index in [9.17, 15) is 9.59 Å². The van der Waals surface area contributed by atoms with Crippen LogP contribution in [0.2, 0.25) is 0 Å². The third-order valence-electron chi connectivity index (χ3n) is 3.01. The van der Waals surface area contributed by atoms with Gasteiger partial charge in [0.25, 0.3) is 5.91 Å². The SMILES string of the molecule is CCN(CCC(=O)O)C(=O)c1coc(-c2ccccc2)n1. The van der Waals surface area contributed by atoms with Crippen molar-refractivity contribution in [2.75, 3.05) is 13.1 Å². The second-order valence-corrected chi connectivity index (χ2v) is 4.43. The molecule has 0 aliphatic carbocycles. The number of oxazole rings is 1. The van der Waals surface area contributed by atoms with Crippen molar-refractivity contribution in [2.45, 2.75) is 13.3 Å². The van der Waals surface area contributed by atoms with Crippen molar-refractivity contribution in [3.63, 3.8) is 0 Å². The van der Waals surface area contributed by atoms with Crippen LogP contribution in [-0.4, -0.2) is 40.0 Å². The van der Waals surface area contributed by atoms with Gasteiger partial charge in [0.2, 0.25) is 5.89 Å². The number of carbonyl (C=O) groups is 2. The minimum Gasteiger partial charge on any atom is -0.481 e. The van der Waals surface area contributed by atoms with E-state index in [1.54, 1.807) is 6.92 Å². The smallest absolute Gasteiger partial charge is 0.305 e. The third kappa shape index (κ3) is 3.68. The molecule has 1 heterocycles. The fraction of sp³-hybridized carbons (Fsp3) is 0.267. The number of benzene rings is 1. The number of carboxylic acids is 1. The molecule has 0 saturated carbocycles. The van der Waals surface area contributed by atoms with Gasteiger partial charge >= 0.3 is 5.97 Å². The number of hydrogen-bond acceptors (Lipinski definition) is 4. The molecule has 0 atom stereocenters. The highest BCUT2D eigenvalue weighted by Crippen LogP contribution is 2.18. The first kappa shape index (κ1) is 14.8. The van der Waals surface area contributed by atoms with Crippen molar-refractivity contribution in [3.05, 3.63) is 42.3 Å². The van der Waals surface area contributed by atoms with Crippen LogP contribution in [-0.2, 0) is 4.79 Å². The Morgan fingerprint density at radius 1 is 1.29 bits per heavy atom. The molecule has 6 nitrogen and oxygen atoms in total. The Hall–Kier alpha value is -2.63. The summed E-state index contributed by atoms with van der Waals surface area (Å²) in [4.78, 5) is 28.4. The molecule has 1 amide bonds. The summed E-state index contributed by atoms with van der Waals surface area (Å²) >= 11 is 0. The molecule has 1 aromatic carbocycles. The van der Waals surface area contributed by atoms with Crippen molar-refractivity contribution in [2.24, 2.45) is 0 Å². The van der Waals surface area contributed by atoms with Gasteiger partial charge in [-0.05, 0) is 19.1 Å². The van der Waals surface area contributed by atoms with Crippen molar-refractivity contribution in [1.82, 2.24) is 9.88 Å². The van der Waals surface area contributed by atoms with Crippen LogP contribution in [0.1, 0.15) is 23.8 Å². The number of nitrogens with zero attached hydrogens (tertiary/aromatic N) is 2. The van der Waals surface area contributed by atoms with E-state index in [1.807, 2.05) is 30.3 Å². The standard InChI is InChI=1S/C15H16N2O4/c1-2-17(9-8-13(18)19)15(20)12-10-21-14(16-12)11-6-4-3-5-7-11/h3-7,10H,2,8-9H2,1H3,(H,18,19). The van der Waals surface area contributed by atoms with E-state index in [-0.39, 0.29) is 24.6 Å². The first-order chi connectivity index (χ1) is 10.1. The maximum Gasteiger partial charge on any atom is 0.305 e. The average Bonchev–Trinajstić information content (AvgIpc) is 2.98. The normalized spacial score (nSPS) is 10.3. The van der Waals surface area contributed by atoms with Crippen LogP contribution in [0.15, 0.2) is 41.0 Å². The maximum atomic E-state index is 12.2. The molecule has 110 valence electrons. The molecule has 0 aliphatic heterocycles. The third-order valence-corrected chi connectivity index (χ3v) is 3.01. The summed E-state index contributed by atoms with van der Waals surface area (Å²) < 4.78 is 5.32. The van der Waals surface area contributed by atoms with E-state index >= 15 is 0 Å². The van der Waals surface area contributed by atoms with Crippen LogP contribution in [0.5, 0.6) is 0 Å². The number of rotatable bonds is 6. The molecule has 1 N–H and O–H groups in total. The second-order valence-electron chi connectivity index (χ2n) is 4.43. The van der Waals surface area contributed by atoms with Crippen LogP contribution in [0, 0.1) is 0 Å². The van der Waals surface area contributed by atoms with E-state index in [1.165, 1.54) is 11.2 Å². The van der Waals surface area contributed by atoms with Crippen molar-refractivity contribution in [1.29, 1.82) is 0 Å². The van der Waals surface area contributed by atoms with Gasteiger partial charge in [0.15, 0.2) is 5.69 Å². The zero-order chi connectivity index (χ0) is 15.2. The number of aliphatic carboxylic acids is 1. The van der Waals surface area contributed by atoms with Crippen LogP contribution < -0.4 is 0 Å². The number of aromatic nitrogens is 1. The molecule has 0 radical (unpaired) electrons. The molecule has 0 fully saturated rings. The van der Waals surface area contributed by atoms with Gasteiger partial charge < -0.3 is 14.4 Å². The molecule has 6 heteroatoms. The van der Waals surface area contributed by atoms with Gasteiger partial charge in [0.05, 0.1) is 6.42 Å². The van der Waals surface area contributed by atoms with E-state index in [0.29, 0.717) is 12.4 Å². The zero-order valence-electron chi connectivity index (χ0n) is 11.7. The topological polar surface area (TPSA) is 83.6 Å². The van der Waals surface area contributed by atoms with Crippen LogP contribution in [0.4, 0.5) is 0 Å². The Bertz CT molecular complexity index is 622. The zero-order valence-corrected chi connectivity index (χ0v) is 11.7. The predicted molar refractivity (Wildman–Crippen MR) is 75.8 cm³/mol. The molecule has 1 aromatic heterocycles. The molecule has 21 heavy (non-hydrogen) atoms. The van der Waals surface area contributed by atoms with Crippen LogP contribution >= 0.6 is 0 Å². The fourth-order valence-electron chi connectivity index (χ4n) is 1.88. The molecule has 0 spiro atoms. The lowest BCUT2D eigenvalue weighted by atomic mass is 10.2. The number of amides is 1. The highest BCUT2D eigenvalue weighted by atomic mass is 16.4. The van der Waals surface area contributed by atoms with E-state index in [4.69, 9.17) is 9.52 Å². The minimum absolute atomic E-state index is 0.0943. The molecule has 0 saturated heterocycles. The Morgan fingerprint density at radius 2 is 2.00 bits per heavy atom. The van der Waals surface area contributed by atoms with Crippen molar-refractivity contribution >= 4 is 11.9 Å². The van der Waals surface area contributed by atoms with Gasteiger partial charge in [-0.1, -0.05) is 18.2 Å². The highest BCUT2D eigenvalue weighted by Gasteiger charge is 2.19. The monoisotopic (exact) mass is 288 g/mol. The molecule has 2 aromatic rings. The first-order valence-corrected chi connectivity index (χ1v) is 6.63. The minimum atomic E-state index is -0.939. The van der Waals surface area contributed by atoms with Crippen molar-refractivity contribution < 1.29 is 19.1 Å². The summed E-state index contributed by atoms with van der Waals surface area (Å²) in [7, 11) is 0. The second kappa shape index (κ2) is 6.69. The summed E-state index contributed by atoms with van der Waals surface area (Å²) in [5, 5.41) is 8.69. The Morgan fingerprint density at radius 3 is 2.62 bits per heavy atom. The van der Waals surface area contributed by atoms with Gasteiger partial charge in [0, 0.05) is 18.7 Å². The fourth-order valence-corrected chi connectivity index (χ4v) is 1.88. The molecular weight excluding hydrogens is 272 g/mol. The molecule has 0 unspecified atom stereocenters. The first-order valence-electron chi connectivity index (χ1n) is 6.63. The Kier molecular flexibility index (Phi) is 4.71. The van der Waals surface area contributed by atoms with Gasteiger partial charge in [0.1, 0.15) is 6.26 Å². The lowest BCUT2D eigenvalue weighted by molar-refractivity contribution is -0.137. The van der Waals surface area contributed by atoms with Crippen molar-refractivity contribution in [3.8, 4) is 11.5 Å². The summed E-state index contributed by atoms with van der Waals surface area (Å²) in [6.07, 6.45) is 1.21. The Balaban J connectivity index is 2.12. The molecule has 2 rings (SSSR count). The van der Waals surface area contributed by atoms with E-state index in [2.05, 4.69) is 4.98 Å². The molecule has 0 aliphatic rings. The summed E-state index contributed by atoms with van der Waals surface area (Å²) in [5.41, 5.74) is 0.964. The lowest BCUT2D eigenvalue weighted by Gasteiger charge is -2.18. The quantitative estimate of drug-likeness (QED) is 0.881. The van der Waals surface area contributed by atoms with Gasteiger partial charge in [-0.15, -0.1) is 0 Å². The number of hydrogen-bond donors (Lipinski definition) is 1. The average molecular weight is 288 g/mol. The van der Waals surface area contributed by atoms with Crippen LogP contribution in [0.25, 0.3) is 11.5 Å². The highest BCUT2D eigenvalue weighted by molar-refractivity contribution is 5.92. The predicted octanol–water partition coefficient (Wildman–Crippen LogP) is 2.28. The summed E-state index contributed by atoms with van der Waals surface area (Å²) in [6.45, 7) is 2.36. The number of carbonyl (C=O) groups excluding carboxylic acids is 1. The molecule has 0 bridgehead atoms. The van der Waals surface area contributed by atoms with Crippen LogP contribution in [0.3, 0.4) is 0 Å². The number of carboxylic acid groups (broad SMARTS) is 1. The van der Waals surface area contributed by atoms with E-state index in [0.717, 1.165) is 5.56 Å². The van der Waals surface area contributed by atoms with E-state index < -0.39 is 5.97 Å². The summed E-state index contributed by atoms with van der Waals surface area (Å²) in [5.74, 6) is -0.899. The van der Waals surface area contributed by atoms with Gasteiger partial charge in [-0.3, -0.25) is 9.59 Å².